The fraction of sp³-hybridized carbons (Fsp3) is 0.267. The van der Waals surface area contributed by atoms with E-state index in [0.717, 1.165) is 10.0 Å². The highest BCUT2D eigenvalue weighted by Gasteiger charge is 2.21. The van der Waals surface area contributed by atoms with E-state index in [1.54, 1.807) is 24.5 Å². The SMILES string of the molecule is CCN(c1ccccc1F)C(CN)c1cncc(Br)c1. The largest absolute Gasteiger partial charge is 0.361 e. The first-order valence-corrected chi connectivity index (χ1v) is 7.28. The summed E-state index contributed by atoms with van der Waals surface area (Å²) in [6, 6.07) is 8.60. The Balaban J connectivity index is 2.40. The van der Waals surface area contributed by atoms with Gasteiger partial charge in [0.2, 0.25) is 0 Å². The van der Waals surface area contributed by atoms with Crippen molar-refractivity contribution < 1.29 is 4.39 Å². The van der Waals surface area contributed by atoms with E-state index in [1.165, 1.54) is 6.07 Å². The van der Waals surface area contributed by atoms with Crippen molar-refractivity contribution in [2.24, 2.45) is 5.73 Å². The highest BCUT2D eigenvalue weighted by atomic mass is 79.9. The smallest absolute Gasteiger partial charge is 0.146 e. The van der Waals surface area contributed by atoms with Crippen molar-refractivity contribution in [1.29, 1.82) is 0 Å². The van der Waals surface area contributed by atoms with Crippen molar-refractivity contribution in [3.05, 3.63) is 58.6 Å². The van der Waals surface area contributed by atoms with Crippen molar-refractivity contribution in [3.63, 3.8) is 0 Å². The summed E-state index contributed by atoms with van der Waals surface area (Å²) in [6.07, 6.45) is 3.49. The summed E-state index contributed by atoms with van der Waals surface area (Å²) in [6.45, 7) is 3.04. The van der Waals surface area contributed by atoms with Crippen LogP contribution >= 0.6 is 15.9 Å². The molecule has 1 atom stereocenters. The number of hydrogen-bond acceptors (Lipinski definition) is 3. The molecule has 2 N–H and O–H groups in total. The van der Waals surface area contributed by atoms with Gasteiger partial charge < -0.3 is 10.6 Å². The van der Waals surface area contributed by atoms with Crippen molar-refractivity contribution in [3.8, 4) is 0 Å². The van der Waals surface area contributed by atoms with Gasteiger partial charge in [-0.2, -0.15) is 0 Å². The second-order valence-corrected chi connectivity index (χ2v) is 5.34. The first-order valence-electron chi connectivity index (χ1n) is 6.49. The Morgan fingerprint density at radius 1 is 1.35 bits per heavy atom. The van der Waals surface area contributed by atoms with Gasteiger partial charge in [0.25, 0.3) is 0 Å². The number of hydrogen-bond donors (Lipinski definition) is 1. The minimum atomic E-state index is -0.240. The van der Waals surface area contributed by atoms with E-state index in [4.69, 9.17) is 5.73 Å². The molecular weight excluding hydrogens is 321 g/mol. The number of para-hydroxylation sites is 1. The van der Waals surface area contributed by atoms with Gasteiger partial charge in [-0.25, -0.2) is 4.39 Å². The molecule has 0 aliphatic heterocycles. The molecule has 0 aliphatic carbocycles. The summed E-state index contributed by atoms with van der Waals surface area (Å²) in [5.74, 6) is -0.240. The van der Waals surface area contributed by atoms with Crippen LogP contribution in [0, 0.1) is 5.82 Å². The van der Waals surface area contributed by atoms with Crippen LogP contribution in [0.4, 0.5) is 10.1 Å². The van der Waals surface area contributed by atoms with Gasteiger partial charge in [-0.15, -0.1) is 0 Å². The Labute approximate surface area is 126 Å². The van der Waals surface area contributed by atoms with Crippen molar-refractivity contribution in [2.75, 3.05) is 18.0 Å². The lowest BCUT2D eigenvalue weighted by Gasteiger charge is -2.32. The zero-order valence-corrected chi connectivity index (χ0v) is 12.8. The maximum absolute atomic E-state index is 14.0. The van der Waals surface area contributed by atoms with E-state index in [1.807, 2.05) is 24.0 Å². The first-order chi connectivity index (χ1) is 9.67. The monoisotopic (exact) mass is 337 g/mol. The molecule has 5 heteroatoms. The maximum Gasteiger partial charge on any atom is 0.146 e. The molecular formula is C15H17BrFN3. The van der Waals surface area contributed by atoms with Crippen molar-refractivity contribution in [2.45, 2.75) is 13.0 Å². The fourth-order valence-electron chi connectivity index (χ4n) is 2.30. The van der Waals surface area contributed by atoms with E-state index in [0.29, 0.717) is 18.8 Å². The van der Waals surface area contributed by atoms with Gasteiger partial charge in [-0.05, 0) is 46.6 Å². The number of nitrogens with zero attached hydrogens (tertiary/aromatic N) is 2. The van der Waals surface area contributed by atoms with Crippen LogP contribution in [0.3, 0.4) is 0 Å². The third-order valence-corrected chi connectivity index (χ3v) is 3.65. The number of aromatic nitrogens is 1. The molecule has 1 aromatic carbocycles. The Kier molecular flexibility index (Phi) is 5.09. The van der Waals surface area contributed by atoms with E-state index in [2.05, 4.69) is 20.9 Å². The Morgan fingerprint density at radius 3 is 2.70 bits per heavy atom. The van der Waals surface area contributed by atoms with Gasteiger partial charge in [0.1, 0.15) is 5.82 Å². The number of anilines is 1. The standard InChI is InChI=1S/C15H17BrFN3/c1-2-20(14-6-4-3-5-13(14)17)15(8-18)11-7-12(16)10-19-9-11/h3-7,9-10,15H,2,8,18H2,1H3. The summed E-state index contributed by atoms with van der Waals surface area (Å²) in [7, 11) is 0. The number of rotatable bonds is 5. The van der Waals surface area contributed by atoms with E-state index >= 15 is 0 Å². The second kappa shape index (κ2) is 6.81. The molecule has 0 radical (unpaired) electrons. The highest BCUT2D eigenvalue weighted by Crippen LogP contribution is 2.29. The lowest BCUT2D eigenvalue weighted by molar-refractivity contribution is 0.587. The van der Waals surface area contributed by atoms with Crippen LogP contribution in [0.25, 0.3) is 0 Å². The van der Waals surface area contributed by atoms with Gasteiger partial charge in [0.05, 0.1) is 11.7 Å². The molecule has 3 nitrogen and oxygen atoms in total. The van der Waals surface area contributed by atoms with Crippen LogP contribution in [0.1, 0.15) is 18.5 Å². The molecule has 1 aromatic heterocycles. The lowest BCUT2D eigenvalue weighted by atomic mass is 10.1. The molecule has 0 fully saturated rings. The summed E-state index contributed by atoms with van der Waals surface area (Å²) < 4.78 is 14.9. The molecule has 2 aromatic rings. The summed E-state index contributed by atoms with van der Waals surface area (Å²) in [5, 5.41) is 0. The fourth-order valence-corrected chi connectivity index (χ4v) is 2.68. The summed E-state index contributed by atoms with van der Waals surface area (Å²) in [5.41, 5.74) is 7.44. The van der Waals surface area contributed by atoms with Crippen molar-refractivity contribution >= 4 is 21.6 Å². The molecule has 0 saturated carbocycles. The number of halogens is 2. The molecule has 2 rings (SSSR count). The van der Waals surface area contributed by atoms with Gasteiger partial charge in [0.15, 0.2) is 0 Å². The summed E-state index contributed by atoms with van der Waals surface area (Å²) >= 11 is 3.41. The molecule has 0 aliphatic rings. The van der Waals surface area contributed by atoms with Crippen LogP contribution in [-0.2, 0) is 0 Å². The van der Waals surface area contributed by atoms with Gasteiger partial charge >= 0.3 is 0 Å². The van der Waals surface area contributed by atoms with Crippen LogP contribution in [-0.4, -0.2) is 18.1 Å². The van der Waals surface area contributed by atoms with Crippen LogP contribution in [0.5, 0.6) is 0 Å². The van der Waals surface area contributed by atoms with E-state index in [-0.39, 0.29) is 11.9 Å². The number of likely N-dealkylation sites (N-methyl/N-ethyl adjacent to an activating group) is 1. The van der Waals surface area contributed by atoms with E-state index in [9.17, 15) is 4.39 Å². The van der Waals surface area contributed by atoms with Gasteiger partial charge in [0, 0.05) is 30.0 Å². The summed E-state index contributed by atoms with van der Waals surface area (Å²) in [4.78, 5) is 6.12. The zero-order chi connectivity index (χ0) is 14.5. The molecule has 0 spiro atoms. The Hall–Kier alpha value is -1.46. The first kappa shape index (κ1) is 14.9. The molecule has 1 unspecified atom stereocenters. The molecule has 20 heavy (non-hydrogen) atoms. The van der Waals surface area contributed by atoms with Gasteiger partial charge in [-0.3, -0.25) is 4.98 Å². The van der Waals surface area contributed by atoms with Gasteiger partial charge in [-0.1, -0.05) is 12.1 Å². The predicted molar refractivity (Wildman–Crippen MR) is 83.2 cm³/mol. The number of pyridine rings is 1. The Morgan fingerprint density at radius 2 is 2.10 bits per heavy atom. The Bertz CT molecular complexity index is 577. The third kappa shape index (κ3) is 3.16. The quantitative estimate of drug-likeness (QED) is 0.907. The second-order valence-electron chi connectivity index (χ2n) is 4.43. The third-order valence-electron chi connectivity index (χ3n) is 3.21. The predicted octanol–water partition coefficient (Wildman–Crippen LogP) is 3.51. The number of nitrogens with two attached hydrogens (primary N) is 1. The molecule has 0 amide bonds. The average Bonchev–Trinajstić information content (AvgIpc) is 2.45. The van der Waals surface area contributed by atoms with Crippen molar-refractivity contribution in [1.82, 2.24) is 4.98 Å². The lowest BCUT2D eigenvalue weighted by Crippen LogP contribution is -2.34. The molecule has 106 valence electrons. The molecule has 0 saturated heterocycles. The zero-order valence-electron chi connectivity index (χ0n) is 11.3. The average molecular weight is 338 g/mol. The minimum absolute atomic E-state index is 0.109. The van der Waals surface area contributed by atoms with Crippen LogP contribution in [0.15, 0.2) is 47.2 Å². The molecule has 0 bridgehead atoms. The van der Waals surface area contributed by atoms with Crippen LogP contribution in [0.2, 0.25) is 0 Å². The van der Waals surface area contributed by atoms with E-state index < -0.39 is 0 Å². The highest BCUT2D eigenvalue weighted by molar-refractivity contribution is 9.10. The molecule has 1 heterocycles. The maximum atomic E-state index is 14.0. The van der Waals surface area contributed by atoms with Crippen LogP contribution < -0.4 is 10.6 Å². The minimum Gasteiger partial charge on any atom is -0.361 e. The normalized spacial score (nSPS) is 12.2. The topological polar surface area (TPSA) is 42.1 Å². The number of benzene rings is 1.